The van der Waals surface area contributed by atoms with Crippen LogP contribution in [0.3, 0.4) is 0 Å². The van der Waals surface area contributed by atoms with Gasteiger partial charge in [0.25, 0.3) is 0 Å². The molecule has 2 rings (SSSR count). The molecule has 4 heteroatoms. The Balaban J connectivity index is 2.02. The predicted octanol–water partition coefficient (Wildman–Crippen LogP) is 2.36. The van der Waals surface area contributed by atoms with Crippen LogP contribution in [-0.2, 0) is 9.47 Å². The van der Waals surface area contributed by atoms with Gasteiger partial charge in [0.2, 0.25) is 0 Å². The van der Waals surface area contributed by atoms with E-state index in [4.69, 9.17) is 9.47 Å². The lowest BCUT2D eigenvalue weighted by molar-refractivity contribution is 0.122. The zero-order valence-electron chi connectivity index (χ0n) is 11.9. The van der Waals surface area contributed by atoms with Gasteiger partial charge in [-0.3, -0.25) is 0 Å². The minimum Gasteiger partial charge on any atom is -0.380 e. The summed E-state index contributed by atoms with van der Waals surface area (Å²) in [7, 11) is 0. The number of nitrogens with zero attached hydrogens (tertiary/aromatic N) is 1. The van der Waals surface area contributed by atoms with Crippen molar-refractivity contribution in [2.45, 2.75) is 19.9 Å². The Labute approximate surface area is 115 Å². The molecule has 1 aliphatic rings. The second-order valence-corrected chi connectivity index (χ2v) is 4.82. The molecule has 0 spiro atoms. The van der Waals surface area contributed by atoms with Crippen molar-refractivity contribution in [1.29, 1.82) is 0 Å². The van der Waals surface area contributed by atoms with E-state index in [-0.39, 0.29) is 0 Å². The van der Waals surface area contributed by atoms with Crippen molar-refractivity contribution >= 4 is 11.4 Å². The zero-order valence-corrected chi connectivity index (χ0v) is 11.9. The summed E-state index contributed by atoms with van der Waals surface area (Å²) in [6, 6.07) is 8.76. The van der Waals surface area contributed by atoms with Crippen molar-refractivity contribution in [2.24, 2.45) is 0 Å². The minimum atomic E-state index is 0.308. The molecule has 1 fully saturated rings. The Kier molecular flexibility index (Phi) is 5.48. The van der Waals surface area contributed by atoms with Gasteiger partial charge in [0.15, 0.2) is 0 Å². The fourth-order valence-corrected chi connectivity index (χ4v) is 2.28. The average Bonchev–Trinajstić information content (AvgIpc) is 2.46. The number of rotatable bonds is 6. The van der Waals surface area contributed by atoms with Crippen LogP contribution in [0.4, 0.5) is 11.4 Å². The molecule has 0 aliphatic carbocycles. The van der Waals surface area contributed by atoms with E-state index in [1.165, 1.54) is 11.4 Å². The topological polar surface area (TPSA) is 33.7 Å². The molecule has 0 aromatic heterocycles. The summed E-state index contributed by atoms with van der Waals surface area (Å²) in [5, 5.41) is 3.54. The van der Waals surface area contributed by atoms with Gasteiger partial charge in [-0.05, 0) is 26.0 Å². The number of benzene rings is 1. The summed E-state index contributed by atoms with van der Waals surface area (Å²) in [5.41, 5.74) is 2.44. The van der Waals surface area contributed by atoms with E-state index in [1.807, 2.05) is 6.92 Å². The molecular formula is C15H24N2O2. The van der Waals surface area contributed by atoms with E-state index in [9.17, 15) is 0 Å². The summed E-state index contributed by atoms with van der Waals surface area (Å²) in [6.45, 7) is 9.19. The van der Waals surface area contributed by atoms with Crippen molar-refractivity contribution in [3.05, 3.63) is 24.3 Å². The quantitative estimate of drug-likeness (QED) is 0.855. The van der Waals surface area contributed by atoms with Crippen LogP contribution in [0.15, 0.2) is 24.3 Å². The Morgan fingerprint density at radius 3 is 2.79 bits per heavy atom. The number of anilines is 2. The van der Waals surface area contributed by atoms with Gasteiger partial charge in [0.05, 0.1) is 31.2 Å². The molecule has 1 saturated heterocycles. The Morgan fingerprint density at radius 2 is 2.05 bits per heavy atom. The molecule has 4 nitrogen and oxygen atoms in total. The smallest absolute Gasteiger partial charge is 0.0664 e. The number of morpholine rings is 1. The molecular weight excluding hydrogens is 240 g/mol. The van der Waals surface area contributed by atoms with Gasteiger partial charge in [-0.2, -0.15) is 0 Å². The van der Waals surface area contributed by atoms with Gasteiger partial charge in [0.1, 0.15) is 0 Å². The highest BCUT2D eigenvalue weighted by Gasteiger charge is 2.15. The van der Waals surface area contributed by atoms with Crippen molar-refractivity contribution in [1.82, 2.24) is 0 Å². The van der Waals surface area contributed by atoms with E-state index in [1.54, 1.807) is 0 Å². The van der Waals surface area contributed by atoms with Gasteiger partial charge in [-0.1, -0.05) is 12.1 Å². The third-order valence-corrected chi connectivity index (χ3v) is 3.23. The molecule has 19 heavy (non-hydrogen) atoms. The Bertz CT molecular complexity index is 378. The lowest BCUT2D eigenvalue weighted by atomic mass is 10.2. The van der Waals surface area contributed by atoms with E-state index < -0.39 is 0 Å². The van der Waals surface area contributed by atoms with Crippen LogP contribution in [0.2, 0.25) is 0 Å². The summed E-state index contributed by atoms with van der Waals surface area (Å²) < 4.78 is 10.9. The highest BCUT2D eigenvalue weighted by molar-refractivity contribution is 5.70. The fourth-order valence-electron chi connectivity index (χ4n) is 2.28. The summed E-state index contributed by atoms with van der Waals surface area (Å²) in [6.07, 6.45) is 0. The average molecular weight is 264 g/mol. The van der Waals surface area contributed by atoms with E-state index in [0.717, 1.165) is 39.5 Å². The number of hydrogen-bond donors (Lipinski definition) is 1. The molecule has 1 unspecified atom stereocenters. The summed E-state index contributed by atoms with van der Waals surface area (Å²) >= 11 is 0. The van der Waals surface area contributed by atoms with Crippen LogP contribution in [0.25, 0.3) is 0 Å². The van der Waals surface area contributed by atoms with Gasteiger partial charge < -0.3 is 19.7 Å². The molecule has 1 atom stereocenters. The minimum absolute atomic E-state index is 0.308. The highest BCUT2D eigenvalue weighted by Crippen LogP contribution is 2.26. The largest absolute Gasteiger partial charge is 0.380 e. The molecule has 0 saturated carbocycles. The molecule has 106 valence electrons. The maximum absolute atomic E-state index is 5.46. The van der Waals surface area contributed by atoms with E-state index in [0.29, 0.717) is 6.04 Å². The summed E-state index contributed by atoms with van der Waals surface area (Å²) in [5.74, 6) is 0. The lowest BCUT2D eigenvalue weighted by Gasteiger charge is -2.31. The van der Waals surface area contributed by atoms with Crippen LogP contribution >= 0.6 is 0 Å². The number of hydrogen-bond acceptors (Lipinski definition) is 4. The monoisotopic (exact) mass is 264 g/mol. The van der Waals surface area contributed by atoms with Gasteiger partial charge >= 0.3 is 0 Å². The van der Waals surface area contributed by atoms with Crippen LogP contribution in [0, 0.1) is 0 Å². The first-order chi connectivity index (χ1) is 9.31. The molecule has 1 N–H and O–H groups in total. The van der Waals surface area contributed by atoms with Crippen LogP contribution in [0.5, 0.6) is 0 Å². The van der Waals surface area contributed by atoms with Gasteiger partial charge in [-0.25, -0.2) is 0 Å². The number of nitrogens with one attached hydrogen (secondary N) is 1. The molecule has 0 bridgehead atoms. The number of para-hydroxylation sites is 2. The second kappa shape index (κ2) is 7.36. The fraction of sp³-hybridized carbons (Fsp3) is 0.600. The summed E-state index contributed by atoms with van der Waals surface area (Å²) in [4.78, 5) is 2.37. The van der Waals surface area contributed by atoms with Crippen LogP contribution in [-0.4, -0.2) is 45.6 Å². The predicted molar refractivity (Wildman–Crippen MR) is 79.1 cm³/mol. The SMILES string of the molecule is CCOCC(C)Nc1ccccc1N1CCOCC1. The molecule has 1 aromatic rings. The Hall–Kier alpha value is -1.26. The lowest BCUT2D eigenvalue weighted by Crippen LogP contribution is -2.37. The first-order valence-corrected chi connectivity index (χ1v) is 7.07. The van der Waals surface area contributed by atoms with E-state index in [2.05, 4.69) is 41.4 Å². The molecule has 1 aliphatic heterocycles. The van der Waals surface area contributed by atoms with Crippen LogP contribution < -0.4 is 10.2 Å². The van der Waals surface area contributed by atoms with Gasteiger partial charge in [-0.15, -0.1) is 0 Å². The van der Waals surface area contributed by atoms with Gasteiger partial charge in [0, 0.05) is 25.7 Å². The van der Waals surface area contributed by atoms with Crippen LogP contribution in [0.1, 0.15) is 13.8 Å². The number of ether oxygens (including phenoxy) is 2. The van der Waals surface area contributed by atoms with Crippen molar-refractivity contribution in [2.75, 3.05) is 49.7 Å². The van der Waals surface area contributed by atoms with E-state index >= 15 is 0 Å². The highest BCUT2D eigenvalue weighted by atomic mass is 16.5. The zero-order chi connectivity index (χ0) is 13.5. The maximum Gasteiger partial charge on any atom is 0.0664 e. The third-order valence-electron chi connectivity index (χ3n) is 3.23. The first-order valence-electron chi connectivity index (χ1n) is 7.07. The first kappa shape index (κ1) is 14.2. The molecule has 1 aromatic carbocycles. The second-order valence-electron chi connectivity index (χ2n) is 4.82. The van der Waals surface area contributed by atoms with Crippen molar-refractivity contribution in [3.8, 4) is 0 Å². The standard InChI is InChI=1S/C15H24N2O2/c1-3-18-12-13(2)16-14-6-4-5-7-15(14)17-8-10-19-11-9-17/h4-7,13,16H,3,8-12H2,1-2H3. The van der Waals surface area contributed by atoms with Crippen molar-refractivity contribution in [3.63, 3.8) is 0 Å². The maximum atomic E-state index is 5.46. The Morgan fingerprint density at radius 1 is 1.32 bits per heavy atom. The normalized spacial score (nSPS) is 17.3. The molecule has 0 amide bonds. The molecule has 1 heterocycles. The van der Waals surface area contributed by atoms with Crippen molar-refractivity contribution < 1.29 is 9.47 Å². The third kappa shape index (κ3) is 4.11. The molecule has 0 radical (unpaired) electrons.